The summed E-state index contributed by atoms with van der Waals surface area (Å²) < 4.78 is 9.16. The highest BCUT2D eigenvalue weighted by Gasteiger charge is 2.23. The number of hydrogen-bond donors (Lipinski definition) is 0. The van der Waals surface area contributed by atoms with Crippen LogP contribution in [0, 0.1) is 5.92 Å². The third-order valence-electron chi connectivity index (χ3n) is 2.93. The van der Waals surface area contributed by atoms with Crippen LogP contribution in [-0.2, 0) is 6.54 Å². The molecular weight excluding hydrogens is 286 g/mol. The SMILES string of the molecule is CN1Cc2cc(OCC3CC3)c(Br)cc2S1. The Bertz CT molecular complexity index is 420. The molecule has 1 aliphatic heterocycles. The molecule has 0 spiro atoms. The third kappa shape index (κ3) is 2.24. The number of benzene rings is 1. The van der Waals surface area contributed by atoms with Crippen LogP contribution < -0.4 is 4.74 Å². The molecule has 0 atom stereocenters. The monoisotopic (exact) mass is 299 g/mol. The van der Waals surface area contributed by atoms with Gasteiger partial charge in [0.05, 0.1) is 11.1 Å². The molecular formula is C12H14BrNOS. The zero-order valence-electron chi connectivity index (χ0n) is 9.20. The maximum atomic E-state index is 5.85. The zero-order chi connectivity index (χ0) is 11.1. The van der Waals surface area contributed by atoms with Gasteiger partial charge in [-0.15, -0.1) is 0 Å². The first kappa shape index (κ1) is 10.9. The first-order chi connectivity index (χ1) is 7.72. The van der Waals surface area contributed by atoms with E-state index in [1.165, 1.54) is 23.3 Å². The van der Waals surface area contributed by atoms with Crippen molar-refractivity contribution in [1.29, 1.82) is 0 Å². The Morgan fingerprint density at radius 2 is 2.31 bits per heavy atom. The maximum absolute atomic E-state index is 5.85. The van der Waals surface area contributed by atoms with E-state index in [9.17, 15) is 0 Å². The molecule has 2 nitrogen and oxygen atoms in total. The van der Waals surface area contributed by atoms with E-state index < -0.39 is 0 Å². The molecule has 1 heterocycles. The molecule has 0 aromatic heterocycles. The van der Waals surface area contributed by atoms with Crippen LogP contribution in [0.3, 0.4) is 0 Å². The molecule has 0 radical (unpaired) electrons. The summed E-state index contributed by atoms with van der Waals surface area (Å²) in [4.78, 5) is 1.34. The van der Waals surface area contributed by atoms with Crippen molar-refractivity contribution < 1.29 is 4.74 Å². The van der Waals surface area contributed by atoms with Crippen LogP contribution in [0.2, 0.25) is 0 Å². The molecule has 1 aliphatic carbocycles. The van der Waals surface area contributed by atoms with Gasteiger partial charge in [-0.25, -0.2) is 4.31 Å². The molecule has 86 valence electrons. The molecule has 0 bridgehead atoms. The number of fused-ring (bicyclic) bond motifs is 1. The van der Waals surface area contributed by atoms with Gasteiger partial charge in [0, 0.05) is 11.4 Å². The molecule has 0 N–H and O–H groups in total. The van der Waals surface area contributed by atoms with Gasteiger partial charge in [0.1, 0.15) is 5.75 Å². The van der Waals surface area contributed by atoms with E-state index in [1.54, 1.807) is 11.9 Å². The van der Waals surface area contributed by atoms with E-state index in [2.05, 4.69) is 39.4 Å². The van der Waals surface area contributed by atoms with Gasteiger partial charge in [-0.1, -0.05) is 0 Å². The minimum absolute atomic E-state index is 0.803. The van der Waals surface area contributed by atoms with Gasteiger partial charge >= 0.3 is 0 Å². The normalized spacial score (nSPS) is 19.9. The summed E-state index contributed by atoms with van der Waals surface area (Å²) >= 11 is 5.38. The highest BCUT2D eigenvalue weighted by Crippen LogP contribution is 2.41. The van der Waals surface area contributed by atoms with Crippen molar-refractivity contribution in [3.05, 3.63) is 22.2 Å². The quantitative estimate of drug-likeness (QED) is 0.790. The molecule has 4 heteroatoms. The van der Waals surface area contributed by atoms with Gasteiger partial charge in [0.2, 0.25) is 0 Å². The van der Waals surface area contributed by atoms with Crippen LogP contribution in [0.1, 0.15) is 18.4 Å². The Labute approximate surface area is 109 Å². The second kappa shape index (κ2) is 4.24. The fraction of sp³-hybridized carbons (Fsp3) is 0.500. The summed E-state index contributed by atoms with van der Waals surface area (Å²) in [5.74, 6) is 1.80. The largest absolute Gasteiger partial charge is 0.492 e. The average molecular weight is 300 g/mol. The predicted molar refractivity (Wildman–Crippen MR) is 69.7 cm³/mol. The van der Waals surface area contributed by atoms with E-state index in [0.717, 1.165) is 29.3 Å². The molecule has 0 unspecified atom stereocenters. The van der Waals surface area contributed by atoms with Crippen LogP contribution >= 0.6 is 27.9 Å². The Morgan fingerprint density at radius 1 is 1.50 bits per heavy atom. The Hall–Kier alpha value is -0.190. The van der Waals surface area contributed by atoms with Crippen LogP contribution in [-0.4, -0.2) is 18.0 Å². The van der Waals surface area contributed by atoms with Gasteiger partial charge in [0.25, 0.3) is 0 Å². The minimum atomic E-state index is 0.803. The lowest BCUT2D eigenvalue weighted by Gasteiger charge is -2.09. The molecule has 16 heavy (non-hydrogen) atoms. The Morgan fingerprint density at radius 3 is 3.06 bits per heavy atom. The molecule has 1 aromatic carbocycles. The van der Waals surface area contributed by atoms with Crippen molar-refractivity contribution in [3.63, 3.8) is 0 Å². The molecule has 1 fully saturated rings. The summed E-state index contributed by atoms with van der Waals surface area (Å²) in [5.41, 5.74) is 1.38. The Balaban J connectivity index is 1.79. The van der Waals surface area contributed by atoms with Crippen LogP contribution in [0.25, 0.3) is 0 Å². The van der Waals surface area contributed by atoms with E-state index in [1.807, 2.05) is 0 Å². The molecule has 0 saturated heterocycles. The summed E-state index contributed by atoms with van der Waals surface area (Å²) in [6, 6.07) is 4.35. The first-order valence-electron chi connectivity index (χ1n) is 5.56. The number of nitrogens with zero attached hydrogens (tertiary/aromatic N) is 1. The van der Waals surface area contributed by atoms with Crippen molar-refractivity contribution in [1.82, 2.24) is 4.31 Å². The molecule has 0 amide bonds. The number of ether oxygens (including phenoxy) is 1. The highest BCUT2D eigenvalue weighted by atomic mass is 79.9. The topological polar surface area (TPSA) is 12.5 Å². The second-order valence-electron chi connectivity index (χ2n) is 4.52. The highest BCUT2D eigenvalue weighted by molar-refractivity contribution is 9.10. The van der Waals surface area contributed by atoms with Gasteiger partial charge in [-0.2, -0.15) is 0 Å². The van der Waals surface area contributed by atoms with Crippen LogP contribution in [0.4, 0.5) is 0 Å². The maximum Gasteiger partial charge on any atom is 0.133 e. The Kier molecular flexibility index (Phi) is 2.90. The fourth-order valence-electron chi connectivity index (χ4n) is 1.83. The summed E-state index contributed by atoms with van der Waals surface area (Å²) in [6.45, 7) is 1.88. The average Bonchev–Trinajstić information content (AvgIpc) is 2.98. The van der Waals surface area contributed by atoms with E-state index in [0.29, 0.717) is 0 Å². The van der Waals surface area contributed by atoms with Crippen molar-refractivity contribution in [2.24, 2.45) is 5.92 Å². The number of hydrogen-bond acceptors (Lipinski definition) is 3. The lowest BCUT2D eigenvalue weighted by atomic mass is 10.2. The molecule has 2 aliphatic rings. The summed E-state index contributed by atoms with van der Waals surface area (Å²) in [5, 5.41) is 0. The van der Waals surface area contributed by atoms with E-state index in [-0.39, 0.29) is 0 Å². The van der Waals surface area contributed by atoms with Crippen molar-refractivity contribution >= 4 is 27.9 Å². The van der Waals surface area contributed by atoms with E-state index in [4.69, 9.17) is 4.74 Å². The molecule has 1 saturated carbocycles. The van der Waals surface area contributed by atoms with Crippen molar-refractivity contribution in [2.45, 2.75) is 24.3 Å². The number of halogens is 1. The summed E-state index contributed by atoms with van der Waals surface area (Å²) in [7, 11) is 2.11. The van der Waals surface area contributed by atoms with Crippen molar-refractivity contribution in [3.8, 4) is 5.75 Å². The van der Waals surface area contributed by atoms with Gasteiger partial charge in [-0.05, 0) is 71.4 Å². The number of rotatable bonds is 3. The van der Waals surface area contributed by atoms with Crippen LogP contribution in [0.15, 0.2) is 21.5 Å². The zero-order valence-corrected chi connectivity index (χ0v) is 11.6. The second-order valence-corrected chi connectivity index (χ2v) is 6.62. The molecule has 1 aromatic rings. The minimum Gasteiger partial charge on any atom is -0.492 e. The van der Waals surface area contributed by atoms with Gasteiger partial charge in [-0.3, -0.25) is 0 Å². The fourth-order valence-corrected chi connectivity index (χ4v) is 3.39. The standard InChI is InChI=1S/C12H14BrNOS/c1-14-6-9-4-11(15-7-8-2-3-8)10(13)5-12(9)16-14/h4-5,8H,2-3,6-7H2,1H3. The van der Waals surface area contributed by atoms with Crippen molar-refractivity contribution in [2.75, 3.05) is 13.7 Å². The third-order valence-corrected chi connectivity index (χ3v) is 4.57. The predicted octanol–water partition coefficient (Wildman–Crippen LogP) is 3.69. The van der Waals surface area contributed by atoms with E-state index >= 15 is 0 Å². The molecule has 3 rings (SSSR count). The summed E-state index contributed by atoms with van der Waals surface area (Å²) in [6.07, 6.45) is 2.67. The van der Waals surface area contributed by atoms with Gasteiger partial charge < -0.3 is 4.74 Å². The lowest BCUT2D eigenvalue weighted by molar-refractivity contribution is 0.297. The van der Waals surface area contributed by atoms with Gasteiger partial charge in [0.15, 0.2) is 0 Å². The smallest absolute Gasteiger partial charge is 0.133 e. The first-order valence-corrected chi connectivity index (χ1v) is 7.13. The lowest BCUT2D eigenvalue weighted by Crippen LogP contribution is -2.01. The van der Waals surface area contributed by atoms with Crippen LogP contribution in [0.5, 0.6) is 5.75 Å².